The summed E-state index contributed by atoms with van der Waals surface area (Å²) >= 11 is 12.2. The minimum Gasteiger partial charge on any atom is -0.320 e. The molecule has 2 amide bonds. The summed E-state index contributed by atoms with van der Waals surface area (Å²) < 4.78 is 38.6. The van der Waals surface area contributed by atoms with Crippen LogP contribution >= 0.6 is 23.2 Å². The van der Waals surface area contributed by atoms with Gasteiger partial charge in [0.15, 0.2) is 0 Å². The number of anilines is 1. The van der Waals surface area contributed by atoms with E-state index in [1.165, 1.54) is 12.1 Å². The second-order valence-electron chi connectivity index (χ2n) is 7.35. The highest BCUT2D eigenvalue weighted by Gasteiger charge is 2.30. The number of hydrogen-bond donors (Lipinski definition) is 1. The monoisotopic (exact) mass is 480 g/mol. The Balaban J connectivity index is 1.79. The van der Waals surface area contributed by atoms with Gasteiger partial charge in [-0.05, 0) is 60.4 Å². The van der Waals surface area contributed by atoms with Crippen LogP contribution in [0.2, 0.25) is 10.0 Å². The van der Waals surface area contributed by atoms with Gasteiger partial charge in [0.05, 0.1) is 5.56 Å². The highest BCUT2D eigenvalue weighted by atomic mass is 35.5. The lowest BCUT2D eigenvalue weighted by Crippen LogP contribution is -2.36. The van der Waals surface area contributed by atoms with E-state index in [9.17, 15) is 18.0 Å². The van der Waals surface area contributed by atoms with Crippen LogP contribution in [0.25, 0.3) is 0 Å². The zero-order valence-electron chi connectivity index (χ0n) is 17.2. The van der Waals surface area contributed by atoms with E-state index in [1.807, 2.05) is 25.1 Å². The predicted octanol–water partition coefficient (Wildman–Crippen LogP) is 7.60. The van der Waals surface area contributed by atoms with Crippen LogP contribution in [-0.2, 0) is 19.1 Å². The molecule has 3 rings (SSSR count). The normalized spacial score (nSPS) is 11.3. The minimum atomic E-state index is -4.41. The van der Waals surface area contributed by atoms with Gasteiger partial charge in [0.1, 0.15) is 0 Å². The molecule has 3 aromatic rings. The van der Waals surface area contributed by atoms with E-state index in [-0.39, 0.29) is 12.6 Å². The lowest BCUT2D eigenvalue weighted by molar-refractivity contribution is -0.137. The summed E-state index contributed by atoms with van der Waals surface area (Å²) in [6.45, 7) is 2.32. The molecule has 0 radical (unpaired) electrons. The van der Waals surface area contributed by atoms with Crippen molar-refractivity contribution in [1.29, 1.82) is 0 Å². The van der Waals surface area contributed by atoms with Crippen molar-refractivity contribution in [1.82, 2.24) is 4.90 Å². The highest BCUT2D eigenvalue weighted by Crippen LogP contribution is 2.29. The molecule has 0 bridgehead atoms. The fourth-order valence-electron chi connectivity index (χ4n) is 3.16. The van der Waals surface area contributed by atoms with Crippen molar-refractivity contribution < 1.29 is 18.0 Å². The number of nitrogens with one attached hydrogen (secondary N) is 1. The first-order chi connectivity index (χ1) is 15.1. The van der Waals surface area contributed by atoms with Crippen molar-refractivity contribution in [2.45, 2.75) is 26.1 Å². The molecule has 0 unspecified atom stereocenters. The largest absolute Gasteiger partial charge is 0.416 e. The molecule has 1 N–H and O–H groups in total. The molecular formula is C24H21Cl2F3N2O. The molecule has 0 aliphatic carbocycles. The number of rotatable bonds is 6. The van der Waals surface area contributed by atoms with Gasteiger partial charge in [0.2, 0.25) is 0 Å². The molecule has 32 heavy (non-hydrogen) atoms. The number of halogens is 5. The molecule has 0 heterocycles. The second-order valence-corrected chi connectivity index (χ2v) is 8.19. The molecule has 0 saturated heterocycles. The molecule has 3 aromatic carbocycles. The number of carbonyl (C=O) groups is 1. The van der Waals surface area contributed by atoms with Crippen LogP contribution in [-0.4, -0.2) is 17.5 Å². The molecule has 0 spiro atoms. The lowest BCUT2D eigenvalue weighted by atomic mass is 10.1. The van der Waals surface area contributed by atoms with Crippen molar-refractivity contribution in [2.75, 3.05) is 11.9 Å². The van der Waals surface area contributed by atoms with Crippen molar-refractivity contribution in [3.05, 3.63) is 99.0 Å². The Labute approximate surface area is 194 Å². The Morgan fingerprint density at radius 1 is 1.00 bits per heavy atom. The molecule has 8 heteroatoms. The van der Waals surface area contributed by atoms with E-state index in [0.29, 0.717) is 34.3 Å². The van der Waals surface area contributed by atoms with Crippen LogP contribution in [0.3, 0.4) is 0 Å². The van der Waals surface area contributed by atoms with Gasteiger partial charge in [0.25, 0.3) is 0 Å². The van der Waals surface area contributed by atoms with Crippen LogP contribution in [0.1, 0.15) is 22.3 Å². The Bertz CT molecular complexity index is 1090. The molecule has 0 aliphatic rings. The zero-order valence-corrected chi connectivity index (χ0v) is 18.7. The maximum atomic E-state index is 13.0. The maximum absolute atomic E-state index is 13.0. The Morgan fingerprint density at radius 3 is 2.31 bits per heavy atom. The smallest absolute Gasteiger partial charge is 0.320 e. The van der Waals surface area contributed by atoms with Gasteiger partial charge in [-0.2, -0.15) is 13.2 Å². The molecule has 0 atom stereocenters. The van der Waals surface area contributed by atoms with Gasteiger partial charge in [-0.1, -0.05) is 59.6 Å². The van der Waals surface area contributed by atoms with Gasteiger partial charge >= 0.3 is 12.2 Å². The average Bonchev–Trinajstić information content (AvgIpc) is 2.73. The van der Waals surface area contributed by atoms with Crippen LogP contribution in [0.4, 0.5) is 23.7 Å². The Morgan fingerprint density at radius 2 is 1.69 bits per heavy atom. The van der Waals surface area contributed by atoms with Crippen molar-refractivity contribution in [3.8, 4) is 0 Å². The number of para-hydroxylation sites is 1. The summed E-state index contributed by atoms with van der Waals surface area (Å²) in [4.78, 5) is 14.6. The van der Waals surface area contributed by atoms with E-state index >= 15 is 0 Å². The third-order valence-electron chi connectivity index (χ3n) is 4.99. The second kappa shape index (κ2) is 10.3. The summed E-state index contributed by atoms with van der Waals surface area (Å²) in [7, 11) is 0. The van der Waals surface area contributed by atoms with Crippen LogP contribution in [0.5, 0.6) is 0 Å². The van der Waals surface area contributed by atoms with Gasteiger partial charge in [-0.15, -0.1) is 0 Å². The van der Waals surface area contributed by atoms with E-state index in [4.69, 9.17) is 23.2 Å². The SMILES string of the molecule is Cc1ccccc1NC(=O)N(CCc1ccc(Cl)cc1Cl)Cc1ccc(C(F)(F)F)cc1. The lowest BCUT2D eigenvalue weighted by Gasteiger charge is -2.24. The number of urea groups is 1. The van der Waals surface area contributed by atoms with Gasteiger partial charge in [-0.25, -0.2) is 4.79 Å². The van der Waals surface area contributed by atoms with Crippen LogP contribution in [0.15, 0.2) is 66.7 Å². The van der Waals surface area contributed by atoms with Gasteiger partial charge in [0, 0.05) is 28.8 Å². The fraction of sp³-hybridized carbons (Fsp3) is 0.208. The number of alkyl halides is 3. The number of hydrogen-bond acceptors (Lipinski definition) is 1. The minimum absolute atomic E-state index is 0.140. The van der Waals surface area contributed by atoms with Gasteiger partial charge < -0.3 is 10.2 Å². The zero-order chi connectivity index (χ0) is 23.3. The Hall–Kier alpha value is -2.70. The molecule has 0 fully saturated rings. The van der Waals surface area contributed by atoms with E-state index < -0.39 is 11.7 Å². The van der Waals surface area contributed by atoms with Crippen molar-refractivity contribution in [2.24, 2.45) is 0 Å². The van der Waals surface area contributed by atoms with Gasteiger partial charge in [-0.3, -0.25) is 0 Å². The molecular weight excluding hydrogens is 460 g/mol. The number of amides is 2. The molecule has 168 valence electrons. The highest BCUT2D eigenvalue weighted by molar-refractivity contribution is 6.35. The summed E-state index contributed by atoms with van der Waals surface area (Å²) in [6, 6.07) is 16.9. The summed E-state index contributed by atoms with van der Waals surface area (Å²) in [6.07, 6.45) is -3.95. The third kappa shape index (κ3) is 6.40. The first kappa shape index (κ1) is 24.0. The number of aryl methyl sites for hydroxylation is 1. The standard InChI is InChI=1S/C24H21Cl2F3N2O/c1-16-4-2-3-5-22(16)30-23(32)31(13-12-18-8-11-20(25)14-21(18)26)15-17-6-9-19(10-7-17)24(27,28)29/h2-11,14H,12-13,15H2,1H3,(H,30,32). The number of benzene rings is 3. The van der Waals surface area contributed by atoms with Crippen LogP contribution < -0.4 is 5.32 Å². The molecule has 0 saturated carbocycles. The first-order valence-electron chi connectivity index (χ1n) is 9.85. The Kier molecular flexibility index (Phi) is 7.69. The topological polar surface area (TPSA) is 32.3 Å². The molecule has 0 aliphatic heterocycles. The van der Waals surface area contributed by atoms with E-state index in [1.54, 1.807) is 29.2 Å². The predicted molar refractivity (Wildman–Crippen MR) is 122 cm³/mol. The van der Waals surface area contributed by atoms with Crippen molar-refractivity contribution in [3.63, 3.8) is 0 Å². The number of nitrogens with zero attached hydrogens (tertiary/aromatic N) is 1. The molecule has 0 aromatic heterocycles. The average molecular weight is 481 g/mol. The quantitative estimate of drug-likeness (QED) is 0.387. The fourth-order valence-corrected chi connectivity index (χ4v) is 3.66. The first-order valence-corrected chi connectivity index (χ1v) is 10.6. The molecule has 3 nitrogen and oxygen atoms in total. The summed E-state index contributed by atoms with van der Waals surface area (Å²) in [5, 5.41) is 3.88. The third-order valence-corrected chi connectivity index (χ3v) is 5.58. The summed E-state index contributed by atoms with van der Waals surface area (Å²) in [5.41, 5.74) is 2.23. The van der Waals surface area contributed by atoms with Crippen molar-refractivity contribution >= 4 is 34.9 Å². The maximum Gasteiger partial charge on any atom is 0.416 e. The number of carbonyl (C=O) groups excluding carboxylic acids is 1. The van der Waals surface area contributed by atoms with E-state index in [0.717, 1.165) is 23.3 Å². The summed E-state index contributed by atoms with van der Waals surface area (Å²) in [5.74, 6) is 0. The van der Waals surface area contributed by atoms with Crippen LogP contribution in [0, 0.1) is 6.92 Å². The van der Waals surface area contributed by atoms with E-state index in [2.05, 4.69) is 5.32 Å².